The maximum atomic E-state index is 11.7. The Bertz CT molecular complexity index is 364. The maximum Gasteiger partial charge on any atom is 0.314 e. The molecule has 0 aliphatic rings. The van der Waals surface area contributed by atoms with Crippen molar-refractivity contribution in [3.8, 4) is 0 Å². The molecule has 1 N–H and O–H groups in total. The van der Waals surface area contributed by atoms with Crippen molar-refractivity contribution in [3.05, 3.63) is 34.9 Å². The van der Waals surface area contributed by atoms with Gasteiger partial charge in [-0.3, -0.25) is 4.79 Å². The Kier molecular flexibility index (Phi) is 5.01. The number of aliphatic carboxylic acids is 1. The Morgan fingerprint density at radius 2 is 1.65 bits per heavy atom. The van der Waals surface area contributed by atoms with Crippen LogP contribution in [0, 0.1) is 0 Å². The van der Waals surface area contributed by atoms with E-state index in [1.54, 1.807) is 12.1 Å². The van der Waals surface area contributed by atoms with Crippen LogP contribution >= 0.6 is 11.6 Å². The van der Waals surface area contributed by atoms with Gasteiger partial charge in [0.1, 0.15) is 0 Å². The molecule has 94 valence electrons. The summed E-state index contributed by atoms with van der Waals surface area (Å²) in [6.45, 7) is 4.03. The predicted molar refractivity (Wildman–Crippen MR) is 70.6 cm³/mol. The Morgan fingerprint density at radius 1 is 1.18 bits per heavy atom. The molecule has 0 heterocycles. The lowest BCUT2D eigenvalue weighted by Gasteiger charge is -2.29. The van der Waals surface area contributed by atoms with Gasteiger partial charge in [0, 0.05) is 5.02 Å². The van der Waals surface area contributed by atoms with Gasteiger partial charge in [-0.25, -0.2) is 0 Å². The molecule has 17 heavy (non-hydrogen) atoms. The van der Waals surface area contributed by atoms with E-state index in [1.165, 1.54) is 0 Å². The van der Waals surface area contributed by atoms with Crippen molar-refractivity contribution in [2.24, 2.45) is 0 Å². The van der Waals surface area contributed by atoms with Gasteiger partial charge in [0.2, 0.25) is 0 Å². The first kappa shape index (κ1) is 14.0. The average molecular weight is 255 g/mol. The fourth-order valence-corrected chi connectivity index (χ4v) is 2.50. The zero-order valence-electron chi connectivity index (χ0n) is 10.4. The molecular formula is C14H19ClO2. The molecule has 0 radical (unpaired) electrons. The van der Waals surface area contributed by atoms with Gasteiger partial charge < -0.3 is 5.11 Å². The first-order valence-electron chi connectivity index (χ1n) is 6.06. The molecule has 1 aromatic carbocycles. The highest BCUT2D eigenvalue weighted by atomic mass is 35.5. The third-order valence-electron chi connectivity index (χ3n) is 3.16. The molecule has 0 bridgehead atoms. The van der Waals surface area contributed by atoms with Crippen molar-refractivity contribution < 1.29 is 9.90 Å². The predicted octanol–water partition coefficient (Wildman–Crippen LogP) is 4.26. The summed E-state index contributed by atoms with van der Waals surface area (Å²) in [5.41, 5.74) is 0.103. The van der Waals surface area contributed by atoms with Crippen molar-refractivity contribution in [1.82, 2.24) is 0 Å². The van der Waals surface area contributed by atoms with Crippen LogP contribution in [0.4, 0.5) is 0 Å². The molecule has 0 amide bonds. The van der Waals surface area contributed by atoms with Crippen LogP contribution in [-0.4, -0.2) is 11.1 Å². The van der Waals surface area contributed by atoms with Crippen molar-refractivity contribution in [3.63, 3.8) is 0 Å². The number of hydrogen-bond donors (Lipinski definition) is 1. The summed E-state index contributed by atoms with van der Waals surface area (Å²) >= 11 is 5.85. The summed E-state index contributed by atoms with van der Waals surface area (Å²) in [5, 5.41) is 10.2. The smallest absolute Gasteiger partial charge is 0.314 e. The van der Waals surface area contributed by atoms with Gasteiger partial charge in [0.25, 0.3) is 0 Å². The molecule has 0 saturated heterocycles. The summed E-state index contributed by atoms with van der Waals surface area (Å²) < 4.78 is 0. The Balaban J connectivity index is 3.19. The van der Waals surface area contributed by atoms with Gasteiger partial charge in [0.05, 0.1) is 5.41 Å². The van der Waals surface area contributed by atoms with Crippen LogP contribution < -0.4 is 0 Å². The van der Waals surface area contributed by atoms with Crippen LogP contribution in [-0.2, 0) is 10.2 Å². The van der Waals surface area contributed by atoms with Crippen molar-refractivity contribution in [2.45, 2.75) is 44.9 Å². The lowest BCUT2D eigenvalue weighted by Crippen LogP contribution is -2.35. The molecule has 0 aromatic heterocycles. The second-order valence-corrected chi connectivity index (χ2v) is 4.83. The van der Waals surface area contributed by atoms with Crippen LogP contribution in [0.1, 0.15) is 45.1 Å². The fraction of sp³-hybridized carbons (Fsp3) is 0.500. The summed E-state index contributed by atoms with van der Waals surface area (Å²) in [6, 6.07) is 7.20. The SMILES string of the molecule is CCCC(CCC)(C(=O)O)c1ccc(Cl)cc1. The summed E-state index contributed by atoms with van der Waals surface area (Å²) in [6.07, 6.45) is 3.04. The Labute approximate surface area is 108 Å². The van der Waals surface area contributed by atoms with E-state index in [0.29, 0.717) is 17.9 Å². The normalized spacial score (nSPS) is 11.5. The summed E-state index contributed by atoms with van der Waals surface area (Å²) in [4.78, 5) is 11.7. The van der Waals surface area contributed by atoms with Crippen molar-refractivity contribution in [2.75, 3.05) is 0 Å². The molecule has 0 spiro atoms. The van der Waals surface area contributed by atoms with E-state index in [-0.39, 0.29) is 0 Å². The first-order valence-corrected chi connectivity index (χ1v) is 6.44. The summed E-state index contributed by atoms with van der Waals surface area (Å²) in [7, 11) is 0. The highest BCUT2D eigenvalue weighted by molar-refractivity contribution is 6.30. The van der Waals surface area contributed by atoms with Gasteiger partial charge >= 0.3 is 5.97 Å². The summed E-state index contributed by atoms with van der Waals surface area (Å²) in [5.74, 6) is -0.733. The molecular weight excluding hydrogens is 236 g/mol. The lowest BCUT2D eigenvalue weighted by molar-refractivity contribution is -0.144. The highest BCUT2D eigenvalue weighted by Crippen LogP contribution is 2.35. The van der Waals surface area contributed by atoms with E-state index in [1.807, 2.05) is 26.0 Å². The highest BCUT2D eigenvalue weighted by Gasteiger charge is 2.38. The fourth-order valence-electron chi connectivity index (χ4n) is 2.37. The standard InChI is InChI=1S/C14H19ClO2/c1-3-9-14(10-4-2,13(16)17)11-5-7-12(15)8-6-11/h5-8H,3-4,9-10H2,1-2H3,(H,16,17). The quantitative estimate of drug-likeness (QED) is 0.824. The zero-order valence-corrected chi connectivity index (χ0v) is 11.1. The van der Waals surface area contributed by atoms with Gasteiger partial charge in [-0.2, -0.15) is 0 Å². The monoisotopic (exact) mass is 254 g/mol. The van der Waals surface area contributed by atoms with Crippen molar-refractivity contribution >= 4 is 17.6 Å². The zero-order chi connectivity index (χ0) is 12.9. The van der Waals surface area contributed by atoms with E-state index >= 15 is 0 Å². The molecule has 0 aliphatic carbocycles. The molecule has 2 nitrogen and oxygen atoms in total. The van der Waals surface area contributed by atoms with Crippen LogP contribution in [0.5, 0.6) is 0 Å². The maximum absolute atomic E-state index is 11.7. The molecule has 1 rings (SSSR count). The van der Waals surface area contributed by atoms with Crippen LogP contribution in [0.15, 0.2) is 24.3 Å². The number of carboxylic acids is 1. The second-order valence-electron chi connectivity index (χ2n) is 4.39. The largest absolute Gasteiger partial charge is 0.481 e. The van der Waals surface area contributed by atoms with E-state index < -0.39 is 11.4 Å². The molecule has 1 aromatic rings. The van der Waals surface area contributed by atoms with Gasteiger partial charge in [0.15, 0.2) is 0 Å². The Morgan fingerprint density at radius 3 is 2.00 bits per heavy atom. The molecule has 0 fully saturated rings. The van der Waals surface area contributed by atoms with Gasteiger partial charge in [-0.05, 0) is 30.5 Å². The van der Waals surface area contributed by atoms with E-state index in [0.717, 1.165) is 18.4 Å². The number of halogens is 1. The van der Waals surface area contributed by atoms with Gasteiger partial charge in [-0.1, -0.05) is 50.4 Å². The number of rotatable bonds is 6. The second kappa shape index (κ2) is 6.06. The van der Waals surface area contributed by atoms with Crippen molar-refractivity contribution in [1.29, 1.82) is 0 Å². The van der Waals surface area contributed by atoms with E-state index in [4.69, 9.17) is 11.6 Å². The number of carboxylic acid groups (broad SMARTS) is 1. The van der Waals surface area contributed by atoms with Crippen LogP contribution in [0.3, 0.4) is 0 Å². The molecule has 0 saturated carbocycles. The minimum absolute atomic E-state index is 0.640. The first-order chi connectivity index (χ1) is 8.06. The topological polar surface area (TPSA) is 37.3 Å². The average Bonchev–Trinajstić information content (AvgIpc) is 2.29. The number of benzene rings is 1. The third-order valence-corrected chi connectivity index (χ3v) is 3.41. The van der Waals surface area contributed by atoms with Crippen LogP contribution in [0.2, 0.25) is 5.02 Å². The van der Waals surface area contributed by atoms with E-state index in [2.05, 4.69) is 0 Å². The minimum atomic E-state index is -0.756. The number of hydrogen-bond acceptors (Lipinski definition) is 1. The van der Waals surface area contributed by atoms with E-state index in [9.17, 15) is 9.90 Å². The van der Waals surface area contributed by atoms with Gasteiger partial charge in [-0.15, -0.1) is 0 Å². The molecule has 0 unspecified atom stereocenters. The van der Waals surface area contributed by atoms with Crippen LogP contribution in [0.25, 0.3) is 0 Å². The Hall–Kier alpha value is -1.02. The molecule has 0 aliphatic heterocycles. The minimum Gasteiger partial charge on any atom is -0.481 e. The number of carbonyl (C=O) groups is 1. The molecule has 0 atom stereocenters. The lowest BCUT2D eigenvalue weighted by atomic mass is 9.73. The third kappa shape index (κ3) is 3.01. The molecule has 3 heteroatoms.